The lowest BCUT2D eigenvalue weighted by Crippen LogP contribution is -2.10. The summed E-state index contributed by atoms with van der Waals surface area (Å²) >= 11 is 1.61. The minimum atomic E-state index is -0.351. The number of nitrogens with zero attached hydrogens (tertiary/aromatic N) is 2. The molecule has 0 saturated heterocycles. The molecule has 0 aliphatic carbocycles. The van der Waals surface area contributed by atoms with Crippen LogP contribution in [0.4, 0.5) is 0 Å². The lowest BCUT2D eigenvalue weighted by Gasteiger charge is -2.00. The van der Waals surface area contributed by atoms with Gasteiger partial charge in [-0.1, -0.05) is 0 Å². The summed E-state index contributed by atoms with van der Waals surface area (Å²) in [6.07, 6.45) is 0. The topological polar surface area (TPSA) is 44.1 Å². The molecule has 0 unspecified atom stereocenters. The molecule has 0 aromatic carbocycles. The lowest BCUT2D eigenvalue weighted by atomic mass is 10.2. The van der Waals surface area contributed by atoms with Crippen LogP contribution < -0.4 is 0 Å². The second kappa shape index (κ2) is 4.49. The van der Waals surface area contributed by atoms with Crippen LogP contribution in [0.3, 0.4) is 0 Å². The van der Waals surface area contributed by atoms with Gasteiger partial charge in [0.15, 0.2) is 0 Å². The number of ether oxygens (including phenoxy) is 1. The number of aromatic nitrogens is 2. The highest BCUT2D eigenvalue weighted by molar-refractivity contribution is 7.08. The van der Waals surface area contributed by atoms with Crippen LogP contribution in [0.15, 0.2) is 22.9 Å². The molecular formula is C11H12N2O2S. The Morgan fingerprint density at radius 2 is 2.44 bits per heavy atom. The molecule has 0 radical (unpaired) electrons. The predicted octanol–water partition coefficient (Wildman–Crippen LogP) is 2.42. The standard InChI is InChI=1S/C11H12N2O2S/c1-3-13-10(11(14)15-2)6-9(12-13)8-4-5-16-7-8/h4-7H,3H2,1-2H3. The third-order valence-corrected chi connectivity index (χ3v) is 2.97. The average molecular weight is 236 g/mol. The molecule has 0 fully saturated rings. The Balaban J connectivity index is 2.44. The molecule has 2 aromatic rings. The fraction of sp³-hybridized carbons (Fsp3) is 0.273. The van der Waals surface area contributed by atoms with Crippen molar-refractivity contribution in [3.63, 3.8) is 0 Å². The van der Waals surface area contributed by atoms with Gasteiger partial charge >= 0.3 is 5.97 Å². The second-order valence-electron chi connectivity index (χ2n) is 3.23. The van der Waals surface area contributed by atoms with E-state index in [2.05, 4.69) is 5.10 Å². The first-order valence-corrected chi connectivity index (χ1v) is 5.89. The zero-order chi connectivity index (χ0) is 11.5. The monoisotopic (exact) mass is 236 g/mol. The van der Waals surface area contributed by atoms with Crippen molar-refractivity contribution < 1.29 is 9.53 Å². The van der Waals surface area contributed by atoms with E-state index in [1.165, 1.54) is 7.11 Å². The molecule has 0 amide bonds. The fourth-order valence-electron chi connectivity index (χ4n) is 1.48. The van der Waals surface area contributed by atoms with E-state index in [0.717, 1.165) is 11.3 Å². The zero-order valence-electron chi connectivity index (χ0n) is 9.14. The quantitative estimate of drug-likeness (QED) is 0.769. The first-order valence-electron chi connectivity index (χ1n) is 4.95. The molecule has 84 valence electrons. The molecule has 4 nitrogen and oxygen atoms in total. The van der Waals surface area contributed by atoms with Crippen LogP contribution in [0.25, 0.3) is 11.3 Å². The van der Waals surface area contributed by atoms with Crippen molar-refractivity contribution in [2.75, 3.05) is 7.11 Å². The molecular weight excluding hydrogens is 224 g/mol. The summed E-state index contributed by atoms with van der Waals surface area (Å²) in [7, 11) is 1.37. The van der Waals surface area contributed by atoms with Crippen molar-refractivity contribution in [3.8, 4) is 11.3 Å². The summed E-state index contributed by atoms with van der Waals surface area (Å²) in [5.41, 5.74) is 2.33. The van der Waals surface area contributed by atoms with Crippen LogP contribution >= 0.6 is 11.3 Å². The number of esters is 1. The van der Waals surface area contributed by atoms with Crippen LogP contribution in [0, 0.1) is 0 Å². The summed E-state index contributed by atoms with van der Waals surface area (Å²) in [5.74, 6) is -0.351. The maximum Gasteiger partial charge on any atom is 0.356 e. The van der Waals surface area contributed by atoms with Crippen LogP contribution in [0.1, 0.15) is 17.4 Å². The summed E-state index contributed by atoms with van der Waals surface area (Å²) in [6.45, 7) is 2.59. The van der Waals surface area contributed by atoms with Crippen LogP contribution in [-0.4, -0.2) is 22.9 Å². The first-order chi connectivity index (χ1) is 7.76. The van der Waals surface area contributed by atoms with Crippen LogP contribution in [0.2, 0.25) is 0 Å². The molecule has 0 spiro atoms. The number of carbonyl (C=O) groups excluding carboxylic acids is 1. The van der Waals surface area contributed by atoms with Gasteiger partial charge in [0.1, 0.15) is 5.69 Å². The number of methoxy groups -OCH3 is 1. The minimum Gasteiger partial charge on any atom is -0.464 e. The Kier molecular flexibility index (Phi) is 3.05. The highest BCUT2D eigenvalue weighted by atomic mass is 32.1. The molecule has 2 aromatic heterocycles. The first kappa shape index (κ1) is 10.9. The van der Waals surface area contributed by atoms with Gasteiger partial charge in [0.05, 0.1) is 12.8 Å². The van der Waals surface area contributed by atoms with E-state index in [4.69, 9.17) is 4.74 Å². The van der Waals surface area contributed by atoms with Gasteiger partial charge < -0.3 is 4.74 Å². The molecule has 16 heavy (non-hydrogen) atoms. The van der Waals surface area contributed by atoms with E-state index < -0.39 is 0 Å². The maximum atomic E-state index is 11.5. The van der Waals surface area contributed by atoms with Crippen molar-refractivity contribution in [3.05, 3.63) is 28.6 Å². The number of thiophene rings is 1. The van der Waals surface area contributed by atoms with Gasteiger partial charge in [0, 0.05) is 17.5 Å². The Labute approximate surface area is 97.5 Å². The number of hydrogen-bond donors (Lipinski definition) is 0. The van der Waals surface area contributed by atoms with E-state index in [1.54, 1.807) is 22.1 Å². The average Bonchev–Trinajstić information content (AvgIpc) is 2.95. The smallest absolute Gasteiger partial charge is 0.356 e. The summed E-state index contributed by atoms with van der Waals surface area (Å²) in [5, 5.41) is 8.35. The second-order valence-corrected chi connectivity index (χ2v) is 4.01. The third-order valence-electron chi connectivity index (χ3n) is 2.29. The minimum absolute atomic E-state index is 0.351. The maximum absolute atomic E-state index is 11.5. The normalized spacial score (nSPS) is 10.4. The summed E-state index contributed by atoms with van der Waals surface area (Å²) in [4.78, 5) is 11.5. The Morgan fingerprint density at radius 3 is 3.00 bits per heavy atom. The zero-order valence-corrected chi connectivity index (χ0v) is 9.95. The molecule has 0 N–H and O–H groups in total. The predicted molar refractivity (Wildman–Crippen MR) is 62.6 cm³/mol. The highest BCUT2D eigenvalue weighted by Gasteiger charge is 2.15. The number of rotatable bonds is 3. The van der Waals surface area contributed by atoms with E-state index in [0.29, 0.717) is 12.2 Å². The Bertz CT molecular complexity index is 488. The van der Waals surface area contributed by atoms with Gasteiger partial charge in [-0.25, -0.2) is 4.79 Å². The SMILES string of the molecule is CCn1nc(-c2ccsc2)cc1C(=O)OC. The van der Waals surface area contributed by atoms with Crippen molar-refractivity contribution in [1.82, 2.24) is 9.78 Å². The molecule has 2 heterocycles. The van der Waals surface area contributed by atoms with Crippen molar-refractivity contribution in [2.24, 2.45) is 0 Å². The van der Waals surface area contributed by atoms with Crippen LogP contribution in [-0.2, 0) is 11.3 Å². The molecule has 5 heteroatoms. The largest absolute Gasteiger partial charge is 0.464 e. The summed E-state index contributed by atoms with van der Waals surface area (Å²) in [6, 6.07) is 3.74. The summed E-state index contributed by atoms with van der Waals surface area (Å²) < 4.78 is 6.36. The van der Waals surface area contributed by atoms with E-state index in [1.807, 2.05) is 23.8 Å². The van der Waals surface area contributed by atoms with E-state index in [-0.39, 0.29) is 5.97 Å². The van der Waals surface area contributed by atoms with Gasteiger partial charge in [0.25, 0.3) is 0 Å². The van der Waals surface area contributed by atoms with Gasteiger partial charge in [-0.15, -0.1) is 0 Å². The van der Waals surface area contributed by atoms with Crippen molar-refractivity contribution in [1.29, 1.82) is 0 Å². The van der Waals surface area contributed by atoms with Gasteiger partial charge in [0.2, 0.25) is 0 Å². The molecule has 0 saturated carbocycles. The van der Waals surface area contributed by atoms with Crippen LogP contribution in [0.5, 0.6) is 0 Å². The molecule has 0 aliphatic heterocycles. The van der Waals surface area contributed by atoms with Gasteiger partial charge in [-0.3, -0.25) is 4.68 Å². The molecule has 0 aliphatic rings. The molecule has 0 atom stereocenters. The fourth-order valence-corrected chi connectivity index (χ4v) is 2.13. The molecule has 0 bridgehead atoms. The van der Waals surface area contributed by atoms with Crippen molar-refractivity contribution in [2.45, 2.75) is 13.5 Å². The number of hydrogen-bond acceptors (Lipinski definition) is 4. The van der Waals surface area contributed by atoms with E-state index in [9.17, 15) is 4.79 Å². The van der Waals surface area contributed by atoms with E-state index >= 15 is 0 Å². The number of carbonyl (C=O) groups is 1. The van der Waals surface area contributed by atoms with Gasteiger partial charge in [-0.05, 0) is 24.4 Å². The molecule has 2 rings (SSSR count). The Morgan fingerprint density at radius 1 is 1.62 bits per heavy atom. The third kappa shape index (κ3) is 1.86. The van der Waals surface area contributed by atoms with Gasteiger partial charge in [-0.2, -0.15) is 16.4 Å². The lowest BCUT2D eigenvalue weighted by molar-refractivity contribution is 0.0587. The highest BCUT2D eigenvalue weighted by Crippen LogP contribution is 2.22. The Hall–Kier alpha value is -1.62. The van der Waals surface area contributed by atoms with Crippen molar-refractivity contribution >= 4 is 17.3 Å². The number of aryl methyl sites for hydroxylation is 1.